The van der Waals surface area contributed by atoms with Crippen molar-refractivity contribution in [2.75, 3.05) is 0 Å². The minimum absolute atomic E-state index is 0.351. The smallest absolute Gasteiger partial charge is 0.131 e. The monoisotopic (exact) mass is 232 g/mol. The molecule has 17 heavy (non-hydrogen) atoms. The molecule has 0 spiro atoms. The average molecular weight is 232 g/mol. The molecule has 0 aliphatic rings. The van der Waals surface area contributed by atoms with Crippen LogP contribution in [0.25, 0.3) is 11.0 Å². The van der Waals surface area contributed by atoms with Gasteiger partial charge in [0.1, 0.15) is 16.9 Å². The molecule has 2 heterocycles. The van der Waals surface area contributed by atoms with Gasteiger partial charge in [0.05, 0.1) is 11.9 Å². The molecule has 0 saturated carbocycles. The molecule has 0 amide bonds. The Kier molecular flexibility index (Phi) is 3.13. The highest BCUT2D eigenvalue weighted by atomic mass is 15.3. The molecule has 0 aliphatic carbocycles. The van der Waals surface area contributed by atoms with Crippen molar-refractivity contribution in [3.8, 4) is 0 Å². The molecule has 2 rings (SSSR count). The van der Waals surface area contributed by atoms with Crippen LogP contribution in [0.3, 0.4) is 0 Å². The molecule has 0 aliphatic heterocycles. The minimum Gasteiger partial charge on any atom is -0.262 e. The molecule has 0 aromatic carbocycles. The van der Waals surface area contributed by atoms with Gasteiger partial charge >= 0.3 is 0 Å². The normalized spacial score (nSPS) is 11.9. The second kappa shape index (κ2) is 4.43. The molecule has 2 aromatic rings. The van der Waals surface area contributed by atoms with E-state index in [-0.39, 0.29) is 0 Å². The van der Waals surface area contributed by atoms with Gasteiger partial charge in [-0.2, -0.15) is 5.10 Å². The number of aryl methyl sites for hydroxylation is 1. The molecule has 0 bridgehead atoms. The zero-order valence-corrected chi connectivity index (χ0v) is 11.2. The highest BCUT2D eigenvalue weighted by Gasteiger charge is 2.16. The Labute approximate surface area is 102 Å². The lowest BCUT2D eigenvalue weighted by molar-refractivity contribution is 0.653. The maximum absolute atomic E-state index is 4.67. The summed E-state index contributed by atoms with van der Waals surface area (Å²) in [5.74, 6) is 1.64. The van der Waals surface area contributed by atoms with Crippen molar-refractivity contribution in [3.05, 3.63) is 17.7 Å². The van der Waals surface area contributed by atoms with Crippen molar-refractivity contribution < 1.29 is 0 Å². The highest BCUT2D eigenvalue weighted by Crippen LogP contribution is 2.24. The fraction of sp³-hybridized carbons (Fsp3) is 0.615. The number of hydrogen-bond donors (Lipinski definition) is 0. The predicted octanol–water partition coefficient (Wildman–Crippen LogP) is 3.09. The van der Waals surface area contributed by atoms with E-state index in [1.54, 1.807) is 0 Å². The van der Waals surface area contributed by atoms with Crippen LogP contribution < -0.4 is 0 Å². The molecule has 0 N–H and O–H groups in total. The lowest BCUT2D eigenvalue weighted by Crippen LogP contribution is -1.99. The number of rotatable bonds is 3. The van der Waals surface area contributed by atoms with E-state index < -0.39 is 0 Å². The summed E-state index contributed by atoms with van der Waals surface area (Å²) in [6.07, 6.45) is 1.90. The van der Waals surface area contributed by atoms with Crippen molar-refractivity contribution in [1.29, 1.82) is 0 Å². The van der Waals surface area contributed by atoms with Crippen LogP contribution in [-0.2, 0) is 6.54 Å². The fourth-order valence-corrected chi connectivity index (χ4v) is 1.91. The SMILES string of the molecule is CCn1nc(C(C)C)c2nc(C(C)C)ncc21. The standard InChI is InChI=1S/C13H20N4/c1-6-17-10-7-14-13(9(4)5)15-12(10)11(16-17)8(2)3/h7-9H,6H2,1-5H3. The Morgan fingerprint density at radius 2 is 1.88 bits per heavy atom. The van der Waals surface area contributed by atoms with Crippen LogP contribution in [0.15, 0.2) is 6.20 Å². The van der Waals surface area contributed by atoms with Crippen molar-refractivity contribution in [2.45, 2.75) is 53.0 Å². The zero-order chi connectivity index (χ0) is 12.6. The van der Waals surface area contributed by atoms with Gasteiger partial charge in [-0.3, -0.25) is 4.68 Å². The van der Waals surface area contributed by atoms with Gasteiger partial charge in [0.25, 0.3) is 0 Å². The Morgan fingerprint density at radius 3 is 2.41 bits per heavy atom. The summed E-state index contributed by atoms with van der Waals surface area (Å²) in [4.78, 5) is 9.09. The molecule has 2 aromatic heterocycles. The molecule has 0 radical (unpaired) electrons. The third-order valence-electron chi connectivity index (χ3n) is 2.90. The van der Waals surface area contributed by atoms with Gasteiger partial charge in [0, 0.05) is 12.5 Å². The zero-order valence-electron chi connectivity index (χ0n) is 11.2. The first-order valence-electron chi connectivity index (χ1n) is 6.27. The van der Waals surface area contributed by atoms with Gasteiger partial charge in [-0.25, -0.2) is 9.97 Å². The van der Waals surface area contributed by atoms with Crippen LogP contribution in [0.5, 0.6) is 0 Å². The second-order valence-electron chi connectivity index (χ2n) is 4.97. The minimum atomic E-state index is 0.351. The van der Waals surface area contributed by atoms with Gasteiger partial charge in [-0.1, -0.05) is 27.7 Å². The van der Waals surface area contributed by atoms with E-state index in [0.29, 0.717) is 11.8 Å². The van der Waals surface area contributed by atoms with E-state index in [9.17, 15) is 0 Å². The van der Waals surface area contributed by atoms with Crippen LogP contribution in [0.2, 0.25) is 0 Å². The predicted molar refractivity (Wildman–Crippen MR) is 69.2 cm³/mol. The summed E-state index contributed by atoms with van der Waals surface area (Å²) in [7, 11) is 0. The molecule has 0 saturated heterocycles. The number of nitrogens with zero attached hydrogens (tertiary/aromatic N) is 4. The van der Waals surface area contributed by atoms with Crippen LogP contribution in [0.4, 0.5) is 0 Å². The molecule has 4 nitrogen and oxygen atoms in total. The summed E-state index contributed by atoms with van der Waals surface area (Å²) in [5.41, 5.74) is 3.13. The van der Waals surface area contributed by atoms with Crippen molar-refractivity contribution in [2.24, 2.45) is 0 Å². The van der Waals surface area contributed by atoms with Crippen LogP contribution >= 0.6 is 0 Å². The van der Waals surface area contributed by atoms with E-state index in [0.717, 1.165) is 29.1 Å². The summed E-state index contributed by atoms with van der Waals surface area (Å²) in [6, 6.07) is 0. The first-order valence-corrected chi connectivity index (χ1v) is 6.27. The maximum Gasteiger partial charge on any atom is 0.131 e. The molecule has 0 atom stereocenters. The first kappa shape index (κ1) is 12.0. The molecule has 0 fully saturated rings. The molecular formula is C13H20N4. The van der Waals surface area contributed by atoms with Crippen LogP contribution in [-0.4, -0.2) is 19.7 Å². The number of aromatic nitrogens is 4. The summed E-state index contributed by atoms with van der Waals surface area (Å²) in [6.45, 7) is 11.5. The van der Waals surface area contributed by atoms with E-state index in [1.807, 2.05) is 10.9 Å². The van der Waals surface area contributed by atoms with Gasteiger partial charge in [-0.05, 0) is 12.8 Å². The Balaban J connectivity index is 2.69. The van der Waals surface area contributed by atoms with E-state index in [4.69, 9.17) is 0 Å². The molecular weight excluding hydrogens is 212 g/mol. The van der Waals surface area contributed by atoms with Crippen molar-refractivity contribution >= 4 is 11.0 Å². The number of hydrogen-bond acceptors (Lipinski definition) is 3. The lowest BCUT2D eigenvalue weighted by Gasteiger charge is -2.04. The summed E-state index contributed by atoms with van der Waals surface area (Å²) < 4.78 is 1.98. The molecule has 4 heteroatoms. The Morgan fingerprint density at radius 1 is 1.18 bits per heavy atom. The van der Waals surface area contributed by atoms with E-state index >= 15 is 0 Å². The van der Waals surface area contributed by atoms with Crippen LogP contribution in [0, 0.1) is 0 Å². The average Bonchev–Trinajstić information content (AvgIpc) is 2.66. The Bertz CT molecular complexity index is 525. The fourth-order valence-electron chi connectivity index (χ4n) is 1.91. The molecule has 0 unspecified atom stereocenters. The third-order valence-corrected chi connectivity index (χ3v) is 2.90. The van der Waals surface area contributed by atoms with Crippen molar-refractivity contribution in [3.63, 3.8) is 0 Å². The third kappa shape index (κ3) is 2.04. The van der Waals surface area contributed by atoms with Gasteiger partial charge in [0.15, 0.2) is 0 Å². The number of fused-ring (bicyclic) bond motifs is 1. The van der Waals surface area contributed by atoms with Gasteiger partial charge in [0.2, 0.25) is 0 Å². The van der Waals surface area contributed by atoms with Gasteiger partial charge in [-0.15, -0.1) is 0 Å². The Hall–Kier alpha value is -1.45. The topological polar surface area (TPSA) is 43.6 Å². The summed E-state index contributed by atoms with van der Waals surface area (Å²) >= 11 is 0. The van der Waals surface area contributed by atoms with Crippen LogP contribution in [0.1, 0.15) is 58.0 Å². The van der Waals surface area contributed by atoms with E-state index in [1.165, 1.54) is 0 Å². The highest BCUT2D eigenvalue weighted by molar-refractivity contribution is 5.77. The first-order chi connectivity index (χ1) is 8.04. The molecule has 92 valence electrons. The lowest BCUT2D eigenvalue weighted by atomic mass is 10.1. The summed E-state index contributed by atoms with van der Waals surface area (Å²) in [5, 5.41) is 4.62. The quantitative estimate of drug-likeness (QED) is 0.816. The van der Waals surface area contributed by atoms with Crippen molar-refractivity contribution in [1.82, 2.24) is 19.7 Å². The second-order valence-corrected chi connectivity index (χ2v) is 4.97. The largest absolute Gasteiger partial charge is 0.262 e. The maximum atomic E-state index is 4.67. The van der Waals surface area contributed by atoms with E-state index in [2.05, 4.69) is 49.7 Å². The van der Waals surface area contributed by atoms with Gasteiger partial charge < -0.3 is 0 Å².